The maximum Gasteiger partial charge on any atom is 0.310 e. The molecule has 0 unspecified atom stereocenters. The number of carbonyl (C=O) groups is 2. The third-order valence-corrected chi connectivity index (χ3v) is 2.35. The molecule has 0 aliphatic heterocycles. The average molecular weight is 236 g/mol. The molecule has 0 N–H and O–H groups in total. The third kappa shape index (κ3) is 3.31. The molecule has 0 atom stereocenters. The van der Waals surface area contributed by atoms with E-state index in [1.165, 1.54) is 7.11 Å². The number of benzene rings is 1. The van der Waals surface area contributed by atoms with Gasteiger partial charge in [0.25, 0.3) is 0 Å². The fourth-order valence-electron chi connectivity index (χ4n) is 1.74. The number of rotatable bonds is 5. The monoisotopic (exact) mass is 236 g/mol. The number of aldehydes is 1. The van der Waals surface area contributed by atoms with E-state index in [0.717, 1.165) is 11.8 Å². The summed E-state index contributed by atoms with van der Waals surface area (Å²) in [5.41, 5.74) is 2.03. The highest BCUT2D eigenvalue weighted by atomic mass is 16.5. The Labute approximate surface area is 101 Å². The lowest BCUT2D eigenvalue weighted by molar-refractivity contribution is -0.142. The first-order chi connectivity index (χ1) is 8.12. The second-order valence-electron chi connectivity index (χ2n) is 3.63. The quantitative estimate of drug-likeness (QED) is 0.579. The highest BCUT2D eigenvalue weighted by molar-refractivity contribution is 5.79. The van der Waals surface area contributed by atoms with Crippen LogP contribution in [0.15, 0.2) is 12.1 Å². The van der Waals surface area contributed by atoms with E-state index in [4.69, 9.17) is 9.47 Å². The molecule has 0 bridgehead atoms. The number of carbonyl (C=O) groups excluding carboxylic acids is 2. The van der Waals surface area contributed by atoms with Gasteiger partial charge in [0, 0.05) is 11.1 Å². The van der Waals surface area contributed by atoms with Crippen molar-refractivity contribution in [3.8, 4) is 5.75 Å². The smallest absolute Gasteiger partial charge is 0.310 e. The van der Waals surface area contributed by atoms with Crippen molar-refractivity contribution < 1.29 is 19.1 Å². The summed E-state index contributed by atoms with van der Waals surface area (Å²) in [4.78, 5) is 22.2. The van der Waals surface area contributed by atoms with Gasteiger partial charge in [-0.05, 0) is 31.5 Å². The molecule has 0 fully saturated rings. The minimum atomic E-state index is -0.326. The Bertz CT molecular complexity index is 424. The van der Waals surface area contributed by atoms with Crippen molar-refractivity contribution >= 4 is 12.3 Å². The SMILES string of the molecule is CCOC(=O)Cc1cc(C=O)cc(C)c1OC. The van der Waals surface area contributed by atoms with Crippen molar-refractivity contribution in [2.45, 2.75) is 20.3 Å². The number of methoxy groups -OCH3 is 1. The molecule has 1 aromatic carbocycles. The van der Waals surface area contributed by atoms with Crippen LogP contribution >= 0.6 is 0 Å². The highest BCUT2D eigenvalue weighted by Crippen LogP contribution is 2.25. The van der Waals surface area contributed by atoms with Crippen LogP contribution in [0.2, 0.25) is 0 Å². The fraction of sp³-hybridized carbons (Fsp3) is 0.385. The Morgan fingerprint density at radius 1 is 1.41 bits per heavy atom. The van der Waals surface area contributed by atoms with E-state index in [0.29, 0.717) is 23.5 Å². The molecule has 17 heavy (non-hydrogen) atoms. The van der Waals surface area contributed by atoms with Crippen LogP contribution in [0, 0.1) is 6.92 Å². The number of ether oxygens (including phenoxy) is 2. The fourth-order valence-corrected chi connectivity index (χ4v) is 1.74. The summed E-state index contributed by atoms with van der Waals surface area (Å²) in [7, 11) is 1.54. The van der Waals surface area contributed by atoms with E-state index >= 15 is 0 Å². The number of hydrogen-bond donors (Lipinski definition) is 0. The van der Waals surface area contributed by atoms with Gasteiger partial charge in [0.1, 0.15) is 12.0 Å². The molecule has 0 amide bonds. The Balaban J connectivity index is 3.06. The molecule has 92 valence electrons. The summed E-state index contributed by atoms with van der Waals surface area (Å²) in [5, 5.41) is 0. The lowest BCUT2D eigenvalue weighted by Crippen LogP contribution is -2.09. The predicted molar refractivity (Wildman–Crippen MR) is 63.5 cm³/mol. The minimum Gasteiger partial charge on any atom is -0.496 e. The largest absolute Gasteiger partial charge is 0.496 e. The molecule has 0 aliphatic rings. The predicted octanol–water partition coefficient (Wildman–Crippen LogP) is 1.92. The Hall–Kier alpha value is -1.84. The minimum absolute atomic E-state index is 0.111. The van der Waals surface area contributed by atoms with Crippen LogP contribution in [0.3, 0.4) is 0 Å². The Morgan fingerprint density at radius 3 is 2.65 bits per heavy atom. The van der Waals surface area contributed by atoms with Crippen molar-refractivity contribution in [3.05, 3.63) is 28.8 Å². The average Bonchev–Trinajstić information content (AvgIpc) is 2.28. The summed E-state index contributed by atoms with van der Waals surface area (Å²) in [5.74, 6) is 0.303. The van der Waals surface area contributed by atoms with E-state index in [1.807, 2.05) is 6.92 Å². The zero-order chi connectivity index (χ0) is 12.8. The molecule has 0 aromatic heterocycles. The standard InChI is InChI=1S/C13H16O4/c1-4-17-12(15)7-11-6-10(8-14)5-9(2)13(11)16-3/h5-6,8H,4,7H2,1-3H3. The van der Waals surface area contributed by atoms with Gasteiger partial charge in [0.2, 0.25) is 0 Å². The molecule has 4 nitrogen and oxygen atoms in total. The molecular weight excluding hydrogens is 220 g/mol. The second kappa shape index (κ2) is 6.03. The molecule has 4 heteroatoms. The van der Waals surface area contributed by atoms with Gasteiger partial charge < -0.3 is 9.47 Å². The summed E-state index contributed by atoms with van der Waals surface area (Å²) in [6.07, 6.45) is 0.862. The molecule has 0 saturated carbocycles. The van der Waals surface area contributed by atoms with Gasteiger partial charge in [-0.15, -0.1) is 0 Å². The van der Waals surface area contributed by atoms with Gasteiger partial charge in [-0.2, -0.15) is 0 Å². The molecule has 1 rings (SSSR count). The lowest BCUT2D eigenvalue weighted by atomic mass is 10.0. The van der Waals surface area contributed by atoms with E-state index in [1.54, 1.807) is 19.1 Å². The highest BCUT2D eigenvalue weighted by Gasteiger charge is 2.13. The van der Waals surface area contributed by atoms with Crippen LogP contribution in [0.4, 0.5) is 0 Å². The van der Waals surface area contributed by atoms with Gasteiger partial charge in [0.15, 0.2) is 0 Å². The zero-order valence-electron chi connectivity index (χ0n) is 10.3. The maximum atomic E-state index is 11.4. The molecule has 1 aromatic rings. The zero-order valence-corrected chi connectivity index (χ0v) is 10.3. The molecule has 0 heterocycles. The molecule has 0 radical (unpaired) electrons. The van der Waals surface area contributed by atoms with Crippen molar-refractivity contribution in [1.29, 1.82) is 0 Å². The van der Waals surface area contributed by atoms with Crippen LogP contribution in [0.5, 0.6) is 5.75 Å². The summed E-state index contributed by atoms with van der Waals surface area (Å²) < 4.78 is 10.1. The van der Waals surface area contributed by atoms with E-state index in [2.05, 4.69) is 0 Å². The first-order valence-corrected chi connectivity index (χ1v) is 5.40. The van der Waals surface area contributed by atoms with E-state index in [-0.39, 0.29) is 12.4 Å². The van der Waals surface area contributed by atoms with E-state index < -0.39 is 0 Å². The Kier molecular flexibility index (Phi) is 4.69. The van der Waals surface area contributed by atoms with Crippen molar-refractivity contribution in [2.75, 3.05) is 13.7 Å². The van der Waals surface area contributed by atoms with Crippen molar-refractivity contribution in [1.82, 2.24) is 0 Å². The van der Waals surface area contributed by atoms with Crippen LogP contribution in [-0.4, -0.2) is 26.0 Å². The summed E-state index contributed by atoms with van der Waals surface area (Å²) >= 11 is 0. The van der Waals surface area contributed by atoms with Gasteiger partial charge in [0.05, 0.1) is 20.1 Å². The van der Waals surface area contributed by atoms with Crippen LogP contribution in [0.1, 0.15) is 28.4 Å². The number of esters is 1. The molecule has 0 spiro atoms. The van der Waals surface area contributed by atoms with E-state index in [9.17, 15) is 9.59 Å². The van der Waals surface area contributed by atoms with Crippen molar-refractivity contribution in [2.24, 2.45) is 0 Å². The summed E-state index contributed by atoms with van der Waals surface area (Å²) in [6.45, 7) is 3.93. The second-order valence-corrected chi connectivity index (χ2v) is 3.63. The van der Waals surface area contributed by atoms with Crippen LogP contribution < -0.4 is 4.74 Å². The van der Waals surface area contributed by atoms with Gasteiger partial charge in [-0.3, -0.25) is 9.59 Å². The van der Waals surface area contributed by atoms with Crippen LogP contribution in [-0.2, 0) is 16.0 Å². The third-order valence-electron chi connectivity index (χ3n) is 2.35. The van der Waals surface area contributed by atoms with Gasteiger partial charge >= 0.3 is 5.97 Å². The summed E-state index contributed by atoms with van der Waals surface area (Å²) in [6, 6.07) is 3.37. The first-order valence-electron chi connectivity index (χ1n) is 5.40. The molecule has 0 saturated heterocycles. The number of hydrogen-bond acceptors (Lipinski definition) is 4. The Morgan fingerprint density at radius 2 is 2.12 bits per heavy atom. The molecule has 0 aliphatic carbocycles. The van der Waals surface area contributed by atoms with Crippen LogP contribution in [0.25, 0.3) is 0 Å². The topological polar surface area (TPSA) is 52.6 Å². The number of aryl methyl sites for hydroxylation is 1. The first kappa shape index (κ1) is 13.2. The van der Waals surface area contributed by atoms with Crippen molar-refractivity contribution in [3.63, 3.8) is 0 Å². The maximum absolute atomic E-state index is 11.4. The van der Waals surface area contributed by atoms with Gasteiger partial charge in [-0.25, -0.2) is 0 Å². The molecular formula is C13H16O4. The van der Waals surface area contributed by atoms with Gasteiger partial charge in [-0.1, -0.05) is 0 Å². The lowest BCUT2D eigenvalue weighted by Gasteiger charge is -2.11. The normalized spacial score (nSPS) is 9.82.